The molecule has 1 aliphatic carbocycles. The Bertz CT molecular complexity index is 440. The number of hydrogen-bond donors (Lipinski definition) is 4. The molecule has 0 spiro atoms. The first-order valence-electron chi connectivity index (χ1n) is 8.34. The highest BCUT2D eigenvalue weighted by Crippen LogP contribution is 2.51. The molecule has 3 saturated heterocycles. The summed E-state index contributed by atoms with van der Waals surface area (Å²) < 4.78 is 17.6. The minimum Gasteiger partial charge on any atom is -0.394 e. The van der Waals surface area contributed by atoms with Crippen molar-refractivity contribution < 1.29 is 34.6 Å². The molecule has 0 aromatic rings. The van der Waals surface area contributed by atoms with Crippen LogP contribution < -0.4 is 0 Å². The molecule has 4 N–H and O–H groups in total. The van der Waals surface area contributed by atoms with Gasteiger partial charge in [-0.15, -0.1) is 0 Å². The number of hydrogen-bond acceptors (Lipinski definition) is 7. The molecule has 4 aliphatic rings. The SMILES string of the molecule is CC1(C)O[C@@]2(C)CC[C@@H]1C[C@H]2O[C@H]1O[C@H](CO)[C@@H](O)[C@H](O)[C@H]1O. The van der Waals surface area contributed by atoms with Gasteiger partial charge in [0.25, 0.3) is 0 Å². The molecule has 0 aromatic heterocycles. The first-order valence-corrected chi connectivity index (χ1v) is 8.34. The van der Waals surface area contributed by atoms with Crippen molar-refractivity contribution in [2.45, 2.75) is 88.0 Å². The molecule has 4 rings (SSSR count). The van der Waals surface area contributed by atoms with Gasteiger partial charge in [-0.05, 0) is 46.0 Å². The maximum absolute atomic E-state index is 10.1. The summed E-state index contributed by atoms with van der Waals surface area (Å²) in [6.07, 6.45) is -3.76. The van der Waals surface area contributed by atoms with E-state index in [4.69, 9.17) is 14.2 Å². The Morgan fingerprint density at radius 1 is 1.09 bits per heavy atom. The van der Waals surface area contributed by atoms with Crippen molar-refractivity contribution in [1.82, 2.24) is 0 Å². The van der Waals surface area contributed by atoms with Gasteiger partial charge in [0.2, 0.25) is 0 Å². The summed E-state index contributed by atoms with van der Waals surface area (Å²) >= 11 is 0. The van der Waals surface area contributed by atoms with Crippen molar-refractivity contribution in [1.29, 1.82) is 0 Å². The predicted octanol–water partition coefficient (Wildman–Crippen LogP) is -0.461. The van der Waals surface area contributed by atoms with Gasteiger partial charge in [0, 0.05) is 0 Å². The van der Waals surface area contributed by atoms with Gasteiger partial charge in [-0.2, -0.15) is 0 Å². The standard InChI is InChI=1S/C16H28O7/c1-15(2)8-4-5-16(3,23-15)10(6-8)22-14-13(20)12(19)11(18)9(7-17)21-14/h8-14,17-20H,4-7H2,1-3H3/t8-,9-,10-,11-,12+,13-,14-,16+/m1/s1. The van der Waals surface area contributed by atoms with Gasteiger partial charge in [0.05, 0.1) is 23.9 Å². The van der Waals surface area contributed by atoms with E-state index in [1.54, 1.807) is 0 Å². The molecule has 0 unspecified atom stereocenters. The number of rotatable bonds is 3. The zero-order valence-electron chi connectivity index (χ0n) is 13.9. The van der Waals surface area contributed by atoms with Crippen LogP contribution in [0.5, 0.6) is 0 Å². The Morgan fingerprint density at radius 2 is 1.78 bits per heavy atom. The molecule has 1 saturated carbocycles. The van der Waals surface area contributed by atoms with Crippen LogP contribution in [0.25, 0.3) is 0 Å². The molecule has 23 heavy (non-hydrogen) atoms. The van der Waals surface area contributed by atoms with Crippen molar-refractivity contribution in [3.8, 4) is 0 Å². The second-order valence-electron chi connectivity index (χ2n) is 7.81. The summed E-state index contributed by atoms with van der Waals surface area (Å²) in [6.45, 7) is 5.70. The fourth-order valence-electron chi connectivity index (χ4n) is 4.22. The number of fused-ring (bicyclic) bond motifs is 3. The molecule has 3 heterocycles. The molecule has 134 valence electrons. The lowest BCUT2D eigenvalue weighted by molar-refractivity contribution is -0.353. The first-order chi connectivity index (χ1) is 10.7. The highest BCUT2D eigenvalue weighted by molar-refractivity contribution is 5.04. The molecular weight excluding hydrogens is 304 g/mol. The average Bonchev–Trinajstić information content (AvgIpc) is 2.48. The predicted molar refractivity (Wildman–Crippen MR) is 79.6 cm³/mol. The number of aliphatic hydroxyl groups excluding tert-OH is 4. The van der Waals surface area contributed by atoms with Crippen LogP contribution in [-0.2, 0) is 14.2 Å². The van der Waals surface area contributed by atoms with Crippen molar-refractivity contribution in [3.05, 3.63) is 0 Å². The van der Waals surface area contributed by atoms with Crippen LogP contribution in [0.1, 0.15) is 40.0 Å². The van der Waals surface area contributed by atoms with Gasteiger partial charge in [-0.1, -0.05) is 0 Å². The molecule has 7 heteroatoms. The highest BCUT2D eigenvalue weighted by Gasteiger charge is 2.56. The summed E-state index contributed by atoms with van der Waals surface area (Å²) in [4.78, 5) is 0. The summed E-state index contributed by atoms with van der Waals surface area (Å²) in [6, 6.07) is 0. The topological polar surface area (TPSA) is 109 Å². The minimum atomic E-state index is -1.42. The van der Waals surface area contributed by atoms with E-state index in [2.05, 4.69) is 13.8 Å². The van der Waals surface area contributed by atoms with Crippen molar-refractivity contribution in [2.75, 3.05) is 6.61 Å². The van der Waals surface area contributed by atoms with Crippen LogP contribution in [0, 0.1) is 5.92 Å². The van der Waals surface area contributed by atoms with Crippen LogP contribution in [0.15, 0.2) is 0 Å². The summed E-state index contributed by atoms with van der Waals surface area (Å²) in [7, 11) is 0. The molecule has 2 bridgehead atoms. The molecular formula is C16H28O7. The van der Waals surface area contributed by atoms with Gasteiger partial charge in [-0.3, -0.25) is 0 Å². The second-order valence-corrected chi connectivity index (χ2v) is 7.81. The lowest BCUT2D eigenvalue weighted by Gasteiger charge is -2.58. The van der Waals surface area contributed by atoms with E-state index in [0.29, 0.717) is 5.92 Å². The fraction of sp³-hybridized carbons (Fsp3) is 1.00. The first kappa shape index (κ1) is 17.5. The van der Waals surface area contributed by atoms with E-state index >= 15 is 0 Å². The summed E-state index contributed by atoms with van der Waals surface area (Å²) in [5, 5.41) is 39.1. The Hall–Kier alpha value is -0.280. The molecule has 0 radical (unpaired) electrons. The van der Waals surface area contributed by atoms with Crippen LogP contribution in [-0.4, -0.2) is 75.0 Å². The number of aliphatic hydroxyl groups is 4. The Kier molecular flexibility index (Phi) is 4.51. The van der Waals surface area contributed by atoms with Gasteiger partial charge >= 0.3 is 0 Å². The van der Waals surface area contributed by atoms with Crippen LogP contribution >= 0.6 is 0 Å². The monoisotopic (exact) mass is 332 g/mol. The van der Waals surface area contributed by atoms with Crippen molar-refractivity contribution in [2.24, 2.45) is 5.92 Å². The molecule has 4 fully saturated rings. The normalized spacial score (nSPS) is 52.6. The smallest absolute Gasteiger partial charge is 0.187 e. The van der Waals surface area contributed by atoms with Gasteiger partial charge in [-0.25, -0.2) is 0 Å². The van der Waals surface area contributed by atoms with Gasteiger partial charge < -0.3 is 34.6 Å². The maximum Gasteiger partial charge on any atom is 0.187 e. The van der Waals surface area contributed by atoms with E-state index in [0.717, 1.165) is 19.3 Å². The molecule has 7 nitrogen and oxygen atoms in total. The lowest BCUT2D eigenvalue weighted by atomic mass is 9.67. The minimum absolute atomic E-state index is 0.206. The van der Waals surface area contributed by atoms with E-state index < -0.39 is 42.9 Å². The third kappa shape index (κ3) is 2.93. The molecule has 0 amide bonds. The zero-order chi connectivity index (χ0) is 17.0. The fourth-order valence-corrected chi connectivity index (χ4v) is 4.22. The van der Waals surface area contributed by atoms with Gasteiger partial charge in [0.1, 0.15) is 24.4 Å². The molecule has 0 aromatic carbocycles. The highest BCUT2D eigenvalue weighted by atomic mass is 16.7. The lowest BCUT2D eigenvalue weighted by Crippen LogP contribution is -2.65. The van der Waals surface area contributed by atoms with Crippen LogP contribution in [0.4, 0.5) is 0 Å². The zero-order valence-corrected chi connectivity index (χ0v) is 13.9. The quantitative estimate of drug-likeness (QED) is 0.554. The van der Waals surface area contributed by atoms with E-state index in [-0.39, 0.29) is 11.7 Å². The van der Waals surface area contributed by atoms with E-state index in [9.17, 15) is 20.4 Å². The Morgan fingerprint density at radius 3 is 2.35 bits per heavy atom. The summed E-state index contributed by atoms with van der Waals surface area (Å²) in [5.41, 5.74) is -0.681. The maximum atomic E-state index is 10.1. The van der Waals surface area contributed by atoms with Crippen molar-refractivity contribution >= 4 is 0 Å². The van der Waals surface area contributed by atoms with Crippen LogP contribution in [0.2, 0.25) is 0 Å². The third-order valence-corrected chi connectivity index (χ3v) is 5.80. The molecule has 3 aliphatic heterocycles. The van der Waals surface area contributed by atoms with E-state index in [1.807, 2.05) is 6.92 Å². The molecule has 8 atom stereocenters. The van der Waals surface area contributed by atoms with Crippen molar-refractivity contribution in [3.63, 3.8) is 0 Å². The Labute approximate surface area is 136 Å². The van der Waals surface area contributed by atoms with Crippen LogP contribution in [0.3, 0.4) is 0 Å². The van der Waals surface area contributed by atoms with Gasteiger partial charge in [0.15, 0.2) is 6.29 Å². The second kappa shape index (κ2) is 5.91. The van der Waals surface area contributed by atoms with E-state index in [1.165, 1.54) is 0 Å². The summed E-state index contributed by atoms with van der Waals surface area (Å²) in [5.74, 6) is 0.360. The average molecular weight is 332 g/mol. The Balaban J connectivity index is 1.72. The third-order valence-electron chi connectivity index (χ3n) is 5.80. The number of ether oxygens (including phenoxy) is 3. The largest absolute Gasteiger partial charge is 0.394 e.